The Kier molecular flexibility index (Phi) is 10.8. The summed E-state index contributed by atoms with van der Waals surface area (Å²) in [6.07, 6.45) is 0.700. The lowest BCUT2D eigenvalue weighted by atomic mass is 10.2. The second-order valence-corrected chi connectivity index (χ2v) is 5.86. The predicted octanol–water partition coefficient (Wildman–Crippen LogP) is 1.72. The molecule has 0 saturated heterocycles. The van der Waals surface area contributed by atoms with E-state index >= 15 is 0 Å². The van der Waals surface area contributed by atoms with Crippen molar-refractivity contribution in [2.45, 2.75) is 52.1 Å². The van der Waals surface area contributed by atoms with Gasteiger partial charge in [-0.05, 0) is 33.6 Å². The molecule has 134 valence electrons. The van der Waals surface area contributed by atoms with Crippen LogP contribution in [-0.4, -0.2) is 55.1 Å². The minimum absolute atomic E-state index is 0.0566. The summed E-state index contributed by atoms with van der Waals surface area (Å²) in [5, 5.41) is 11.0. The van der Waals surface area contributed by atoms with Crippen LogP contribution in [0.25, 0.3) is 0 Å². The molecule has 0 saturated carbocycles. The SMILES string of the molecule is CC(C)(C)OC(=O)NCCOCCOC(=O)CCCCC(=O)O. The monoisotopic (exact) mass is 333 g/mol. The number of nitrogens with one attached hydrogen (secondary N) is 1. The number of amides is 1. The van der Waals surface area contributed by atoms with Crippen LogP contribution in [0, 0.1) is 0 Å². The molecule has 0 aliphatic carbocycles. The van der Waals surface area contributed by atoms with E-state index in [1.54, 1.807) is 20.8 Å². The lowest BCUT2D eigenvalue weighted by molar-refractivity contribution is -0.145. The Morgan fingerprint density at radius 3 is 2.26 bits per heavy atom. The Labute approximate surface area is 136 Å². The van der Waals surface area contributed by atoms with Crippen molar-refractivity contribution >= 4 is 18.0 Å². The average molecular weight is 333 g/mol. The van der Waals surface area contributed by atoms with E-state index in [0.29, 0.717) is 19.4 Å². The zero-order valence-corrected chi connectivity index (χ0v) is 14.1. The van der Waals surface area contributed by atoms with E-state index < -0.39 is 17.7 Å². The van der Waals surface area contributed by atoms with Gasteiger partial charge in [-0.3, -0.25) is 9.59 Å². The molecule has 0 aromatic heterocycles. The number of esters is 1. The fourth-order valence-electron chi connectivity index (χ4n) is 1.47. The van der Waals surface area contributed by atoms with Gasteiger partial charge in [0.15, 0.2) is 0 Å². The summed E-state index contributed by atoms with van der Waals surface area (Å²) in [6.45, 7) is 6.28. The van der Waals surface area contributed by atoms with Gasteiger partial charge in [0.1, 0.15) is 12.2 Å². The molecule has 0 fully saturated rings. The summed E-state index contributed by atoms with van der Waals surface area (Å²) >= 11 is 0. The molecule has 8 heteroatoms. The van der Waals surface area contributed by atoms with Crippen molar-refractivity contribution in [2.24, 2.45) is 0 Å². The second kappa shape index (κ2) is 11.7. The fourth-order valence-corrected chi connectivity index (χ4v) is 1.47. The third-order valence-electron chi connectivity index (χ3n) is 2.43. The maximum Gasteiger partial charge on any atom is 0.407 e. The number of hydrogen-bond acceptors (Lipinski definition) is 6. The molecule has 0 heterocycles. The summed E-state index contributed by atoms with van der Waals surface area (Å²) in [5.41, 5.74) is -0.538. The van der Waals surface area contributed by atoms with Gasteiger partial charge in [-0.1, -0.05) is 0 Å². The minimum Gasteiger partial charge on any atom is -0.481 e. The Morgan fingerprint density at radius 1 is 1.00 bits per heavy atom. The van der Waals surface area contributed by atoms with Crippen molar-refractivity contribution in [2.75, 3.05) is 26.4 Å². The van der Waals surface area contributed by atoms with Crippen LogP contribution in [0.4, 0.5) is 4.79 Å². The quantitative estimate of drug-likeness (QED) is 0.437. The Hall–Kier alpha value is -1.83. The first kappa shape index (κ1) is 21.2. The van der Waals surface area contributed by atoms with Crippen molar-refractivity contribution in [1.29, 1.82) is 0 Å². The molecule has 0 bridgehead atoms. The van der Waals surface area contributed by atoms with Gasteiger partial charge in [0.2, 0.25) is 0 Å². The molecule has 0 aromatic carbocycles. The molecule has 2 N–H and O–H groups in total. The third-order valence-corrected chi connectivity index (χ3v) is 2.43. The number of carbonyl (C=O) groups is 3. The normalized spacial score (nSPS) is 10.9. The molecule has 8 nitrogen and oxygen atoms in total. The van der Waals surface area contributed by atoms with E-state index in [2.05, 4.69) is 5.32 Å². The van der Waals surface area contributed by atoms with Gasteiger partial charge >= 0.3 is 18.0 Å². The Bertz CT molecular complexity index is 377. The summed E-state index contributed by atoms with van der Waals surface area (Å²) in [5.74, 6) is -1.24. The maximum atomic E-state index is 11.3. The molecule has 0 rings (SSSR count). The zero-order chi connectivity index (χ0) is 17.7. The van der Waals surface area contributed by atoms with Crippen LogP contribution in [0.3, 0.4) is 0 Å². The first-order chi connectivity index (χ1) is 10.7. The number of hydrogen-bond donors (Lipinski definition) is 2. The number of unbranched alkanes of at least 4 members (excludes halogenated alkanes) is 1. The summed E-state index contributed by atoms with van der Waals surface area (Å²) < 4.78 is 15.2. The van der Waals surface area contributed by atoms with E-state index in [4.69, 9.17) is 19.3 Å². The van der Waals surface area contributed by atoms with Gasteiger partial charge in [0, 0.05) is 19.4 Å². The van der Waals surface area contributed by atoms with E-state index in [0.717, 1.165) is 0 Å². The van der Waals surface area contributed by atoms with Crippen LogP contribution in [-0.2, 0) is 23.8 Å². The van der Waals surface area contributed by atoms with Crippen molar-refractivity contribution in [3.63, 3.8) is 0 Å². The number of carboxylic acid groups (broad SMARTS) is 1. The summed E-state index contributed by atoms with van der Waals surface area (Å²) in [7, 11) is 0. The molecular weight excluding hydrogens is 306 g/mol. The van der Waals surface area contributed by atoms with Crippen LogP contribution in [0.15, 0.2) is 0 Å². The smallest absolute Gasteiger partial charge is 0.407 e. The van der Waals surface area contributed by atoms with E-state index in [9.17, 15) is 14.4 Å². The fraction of sp³-hybridized carbons (Fsp3) is 0.800. The van der Waals surface area contributed by atoms with Gasteiger partial charge < -0.3 is 24.6 Å². The van der Waals surface area contributed by atoms with Crippen LogP contribution >= 0.6 is 0 Å². The van der Waals surface area contributed by atoms with E-state index in [1.165, 1.54) is 0 Å². The predicted molar refractivity (Wildman–Crippen MR) is 82.1 cm³/mol. The molecule has 0 aromatic rings. The zero-order valence-electron chi connectivity index (χ0n) is 14.1. The van der Waals surface area contributed by atoms with Crippen LogP contribution in [0.1, 0.15) is 46.5 Å². The second-order valence-electron chi connectivity index (χ2n) is 5.86. The first-order valence-corrected chi connectivity index (χ1v) is 7.63. The van der Waals surface area contributed by atoms with Crippen LogP contribution in [0.5, 0.6) is 0 Å². The molecule has 0 aliphatic heterocycles. The van der Waals surface area contributed by atoms with Gasteiger partial charge in [-0.25, -0.2) is 4.79 Å². The molecular formula is C15H27NO7. The standard InChI is InChI=1S/C15H27NO7/c1-15(2,3)23-14(20)16-8-9-21-10-11-22-13(19)7-5-4-6-12(17)18/h4-11H2,1-3H3,(H,16,20)(H,17,18). The largest absolute Gasteiger partial charge is 0.481 e. The summed E-state index contributed by atoms with van der Waals surface area (Å²) in [6, 6.07) is 0. The van der Waals surface area contributed by atoms with Crippen molar-refractivity contribution in [3.8, 4) is 0 Å². The third kappa shape index (κ3) is 16.4. The molecule has 1 amide bonds. The van der Waals surface area contributed by atoms with Gasteiger partial charge in [0.05, 0.1) is 13.2 Å². The number of carboxylic acids is 1. The number of alkyl carbamates (subject to hydrolysis) is 1. The number of rotatable bonds is 11. The lowest BCUT2D eigenvalue weighted by Crippen LogP contribution is -2.34. The Morgan fingerprint density at radius 2 is 1.65 bits per heavy atom. The first-order valence-electron chi connectivity index (χ1n) is 7.63. The van der Waals surface area contributed by atoms with Crippen molar-refractivity contribution in [3.05, 3.63) is 0 Å². The highest BCUT2D eigenvalue weighted by atomic mass is 16.6. The Balaban J connectivity index is 3.40. The highest BCUT2D eigenvalue weighted by Crippen LogP contribution is 2.06. The summed E-state index contributed by atoms with van der Waals surface area (Å²) in [4.78, 5) is 32.9. The lowest BCUT2D eigenvalue weighted by Gasteiger charge is -2.19. The molecule has 0 aliphatic rings. The number of aliphatic carboxylic acids is 1. The van der Waals surface area contributed by atoms with Crippen molar-refractivity contribution < 1.29 is 33.7 Å². The molecule has 0 radical (unpaired) electrons. The van der Waals surface area contributed by atoms with Gasteiger partial charge in [-0.2, -0.15) is 0 Å². The highest BCUT2D eigenvalue weighted by molar-refractivity contribution is 5.69. The topological polar surface area (TPSA) is 111 Å². The number of carbonyl (C=O) groups excluding carboxylic acids is 2. The van der Waals surface area contributed by atoms with Crippen LogP contribution in [0.2, 0.25) is 0 Å². The van der Waals surface area contributed by atoms with E-state index in [1.807, 2.05) is 0 Å². The van der Waals surface area contributed by atoms with Gasteiger partial charge in [0.25, 0.3) is 0 Å². The maximum absolute atomic E-state index is 11.3. The molecule has 0 spiro atoms. The van der Waals surface area contributed by atoms with E-state index in [-0.39, 0.29) is 38.6 Å². The molecule has 23 heavy (non-hydrogen) atoms. The molecule has 0 unspecified atom stereocenters. The van der Waals surface area contributed by atoms with Crippen LogP contribution < -0.4 is 5.32 Å². The highest BCUT2D eigenvalue weighted by Gasteiger charge is 2.15. The number of ether oxygens (including phenoxy) is 3. The minimum atomic E-state index is -0.869. The van der Waals surface area contributed by atoms with Crippen molar-refractivity contribution in [1.82, 2.24) is 5.32 Å². The average Bonchev–Trinajstić information content (AvgIpc) is 2.40. The van der Waals surface area contributed by atoms with Gasteiger partial charge in [-0.15, -0.1) is 0 Å². The molecule has 0 atom stereocenters.